The van der Waals surface area contributed by atoms with Crippen LogP contribution < -0.4 is 10.6 Å². The van der Waals surface area contributed by atoms with Crippen molar-refractivity contribution in [2.45, 2.75) is 43.9 Å². The number of amides is 2. The molecular weight excluding hydrogens is 528 g/mol. The smallest absolute Gasteiger partial charge is 0.408 e. The number of nitrogens with one attached hydrogen (secondary N) is 2. The summed E-state index contributed by atoms with van der Waals surface area (Å²) in [6.07, 6.45) is -1.06. The van der Waals surface area contributed by atoms with Crippen molar-refractivity contribution in [1.29, 1.82) is 0 Å². The summed E-state index contributed by atoms with van der Waals surface area (Å²) in [7, 11) is 0. The van der Waals surface area contributed by atoms with Crippen LogP contribution in [0.5, 0.6) is 0 Å². The first-order valence-corrected chi connectivity index (χ1v) is 13.3. The zero-order valence-corrected chi connectivity index (χ0v) is 22.5. The molecule has 0 spiro atoms. The van der Waals surface area contributed by atoms with E-state index in [9.17, 15) is 29.4 Å². The molecule has 1 aliphatic carbocycles. The Morgan fingerprint density at radius 1 is 0.878 bits per heavy atom. The van der Waals surface area contributed by atoms with Gasteiger partial charge in [-0.15, -0.1) is 0 Å². The number of hydrogen-bond donors (Lipinski definition) is 4. The molecule has 3 aromatic rings. The quantitative estimate of drug-likeness (QED) is 0.194. The lowest BCUT2D eigenvalue weighted by atomic mass is 9.92. The molecule has 0 aromatic heterocycles. The molecule has 0 saturated heterocycles. The van der Waals surface area contributed by atoms with Crippen molar-refractivity contribution in [2.75, 3.05) is 13.2 Å². The van der Waals surface area contributed by atoms with Gasteiger partial charge >= 0.3 is 18.0 Å². The number of carboxylic acids is 1. The second-order valence-electron chi connectivity index (χ2n) is 9.72. The minimum absolute atomic E-state index is 0.0823. The van der Waals surface area contributed by atoms with Crippen LogP contribution in [-0.4, -0.2) is 58.9 Å². The maximum absolute atomic E-state index is 13.4. The number of aliphatic carboxylic acids is 1. The van der Waals surface area contributed by atoms with Gasteiger partial charge in [0.25, 0.3) is 0 Å². The fourth-order valence-corrected chi connectivity index (χ4v) is 4.96. The van der Waals surface area contributed by atoms with Gasteiger partial charge < -0.3 is 30.3 Å². The SMILES string of the molecule is CCC[C@](NC(=O)[C@@H](CO)NC(=O)OCc1ccccc1)(C(=O)O)C(=O)OCC1c2ccccc2-c2ccccc21. The number of hydrogen-bond acceptors (Lipinski definition) is 7. The van der Waals surface area contributed by atoms with Gasteiger partial charge in [0.05, 0.1) is 6.61 Å². The molecule has 0 aliphatic heterocycles. The lowest BCUT2D eigenvalue weighted by Crippen LogP contribution is -2.64. The van der Waals surface area contributed by atoms with Crippen LogP contribution in [0.1, 0.15) is 42.4 Å². The van der Waals surface area contributed by atoms with Gasteiger partial charge in [0.1, 0.15) is 19.3 Å². The van der Waals surface area contributed by atoms with E-state index in [0.717, 1.165) is 22.3 Å². The number of carbonyl (C=O) groups is 4. The van der Waals surface area contributed by atoms with Crippen LogP contribution in [0.2, 0.25) is 0 Å². The number of aliphatic hydroxyl groups is 1. The molecule has 0 heterocycles. The molecule has 0 saturated carbocycles. The minimum atomic E-state index is -2.44. The average Bonchev–Trinajstić information content (AvgIpc) is 3.31. The lowest BCUT2D eigenvalue weighted by molar-refractivity contribution is -0.166. The van der Waals surface area contributed by atoms with E-state index in [4.69, 9.17) is 9.47 Å². The van der Waals surface area contributed by atoms with E-state index >= 15 is 0 Å². The van der Waals surface area contributed by atoms with Gasteiger partial charge in [0, 0.05) is 5.92 Å². The van der Waals surface area contributed by atoms with Crippen molar-refractivity contribution in [2.24, 2.45) is 0 Å². The third-order valence-electron chi connectivity index (χ3n) is 7.02. The highest BCUT2D eigenvalue weighted by Crippen LogP contribution is 2.44. The molecule has 4 rings (SSSR count). The molecule has 0 fully saturated rings. The van der Waals surface area contributed by atoms with Gasteiger partial charge in [-0.1, -0.05) is 92.2 Å². The average molecular weight is 561 g/mol. The fraction of sp³-hybridized carbons (Fsp3) is 0.290. The Balaban J connectivity index is 1.46. The Kier molecular flexibility index (Phi) is 9.36. The van der Waals surface area contributed by atoms with Crippen molar-refractivity contribution in [3.05, 3.63) is 95.6 Å². The van der Waals surface area contributed by atoms with Crippen LogP contribution >= 0.6 is 0 Å². The molecule has 0 bridgehead atoms. The van der Waals surface area contributed by atoms with E-state index in [0.29, 0.717) is 5.56 Å². The first kappa shape index (κ1) is 29.3. The summed E-state index contributed by atoms with van der Waals surface area (Å²) < 4.78 is 10.7. The van der Waals surface area contributed by atoms with Crippen LogP contribution in [0.3, 0.4) is 0 Å². The van der Waals surface area contributed by atoms with Crippen LogP contribution in [0.25, 0.3) is 11.1 Å². The van der Waals surface area contributed by atoms with E-state index in [1.54, 1.807) is 37.3 Å². The fourth-order valence-electron chi connectivity index (χ4n) is 4.96. The highest BCUT2D eigenvalue weighted by molar-refractivity contribution is 6.07. The summed E-state index contributed by atoms with van der Waals surface area (Å²) in [4.78, 5) is 51.2. The first-order chi connectivity index (χ1) is 19.8. The first-order valence-electron chi connectivity index (χ1n) is 13.3. The molecule has 0 radical (unpaired) electrons. The molecule has 2 atom stereocenters. The Hall–Kier alpha value is -4.70. The molecule has 4 N–H and O–H groups in total. The van der Waals surface area contributed by atoms with Gasteiger partial charge in [-0.25, -0.2) is 14.4 Å². The lowest BCUT2D eigenvalue weighted by Gasteiger charge is -2.30. The molecule has 214 valence electrons. The van der Waals surface area contributed by atoms with Crippen molar-refractivity contribution in [3.63, 3.8) is 0 Å². The third kappa shape index (κ3) is 6.38. The Labute approximate surface area is 237 Å². The highest BCUT2D eigenvalue weighted by Gasteiger charge is 2.50. The topological polar surface area (TPSA) is 151 Å². The molecule has 0 unspecified atom stereocenters. The normalized spacial score (nSPS) is 14.1. The molecule has 1 aliphatic rings. The van der Waals surface area contributed by atoms with E-state index in [-0.39, 0.29) is 32.0 Å². The predicted octanol–water partition coefficient (Wildman–Crippen LogP) is 3.37. The van der Waals surface area contributed by atoms with Crippen molar-refractivity contribution in [3.8, 4) is 11.1 Å². The Morgan fingerprint density at radius 2 is 1.46 bits per heavy atom. The van der Waals surface area contributed by atoms with E-state index in [1.165, 1.54) is 0 Å². The summed E-state index contributed by atoms with van der Waals surface area (Å²) >= 11 is 0. The molecule has 2 amide bonds. The molecule has 10 nitrogen and oxygen atoms in total. The number of esters is 1. The van der Waals surface area contributed by atoms with Crippen LogP contribution in [0.15, 0.2) is 78.9 Å². The number of aliphatic hydroxyl groups excluding tert-OH is 1. The number of fused-ring (bicyclic) bond motifs is 3. The predicted molar refractivity (Wildman–Crippen MR) is 149 cm³/mol. The third-order valence-corrected chi connectivity index (χ3v) is 7.02. The van der Waals surface area contributed by atoms with Gasteiger partial charge in [0.2, 0.25) is 11.4 Å². The molecular formula is C31H32N2O8. The monoisotopic (exact) mass is 560 g/mol. The zero-order chi connectivity index (χ0) is 29.4. The van der Waals surface area contributed by atoms with Crippen LogP contribution in [-0.2, 0) is 30.5 Å². The largest absolute Gasteiger partial charge is 0.479 e. The van der Waals surface area contributed by atoms with Crippen molar-refractivity contribution < 1.29 is 38.9 Å². The van der Waals surface area contributed by atoms with Crippen molar-refractivity contribution in [1.82, 2.24) is 10.6 Å². The minimum Gasteiger partial charge on any atom is -0.479 e. The molecule has 3 aromatic carbocycles. The second-order valence-corrected chi connectivity index (χ2v) is 9.72. The summed E-state index contributed by atoms with van der Waals surface area (Å²) in [6, 6.07) is 22.6. The van der Waals surface area contributed by atoms with Crippen LogP contribution in [0.4, 0.5) is 4.79 Å². The maximum atomic E-state index is 13.4. The second kappa shape index (κ2) is 13.1. The number of benzene rings is 3. The van der Waals surface area contributed by atoms with E-state index in [1.807, 2.05) is 48.5 Å². The molecule has 10 heteroatoms. The highest BCUT2D eigenvalue weighted by atomic mass is 16.5. The number of rotatable bonds is 12. The number of carboxylic acid groups (broad SMARTS) is 1. The molecule has 41 heavy (non-hydrogen) atoms. The van der Waals surface area contributed by atoms with Gasteiger partial charge in [-0.3, -0.25) is 4.79 Å². The number of carbonyl (C=O) groups excluding carboxylic acids is 3. The van der Waals surface area contributed by atoms with Crippen LogP contribution in [0, 0.1) is 0 Å². The van der Waals surface area contributed by atoms with Crippen molar-refractivity contribution >= 4 is 23.9 Å². The maximum Gasteiger partial charge on any atom is 0.408 e. The number of alkyl carbamates (subject to hydrolysis) is 1. The summed E-state index contributed by atoms with van der Waals surface area (Å²) in [6.45, 7) is 0.568. The standard InChI is InChI=1S/C31H32N2O8/c1-2-16-31(28(36)37,33-27(35)26(17-34)32-30(39)41-18-20-10-4-3-5-11-20)29(38)40-19-25-23-14-8-6-12-21(23)22-13-7-9-15-24(22)25/h3-15,25-26,34H,2,16-19H2,1H3,(H,32,39)(H,33,35)(H,36,37)/t26-,31+/m1/s1. The van der Waals surface area contributed by atoms with Gasteiger partial charge in [-0.2, -0.15) is 0 Å². The summed E-state index contributed by atoms with van der Waals surface area (Å²) in [5.41, 5.74) is 2.17. The summed E-state index contributed by atoms with van der Waals surface area (Å²) in [5.74, 6) is -4.16. The number of ether oxygens (including phenoxy) is 2. The van der Waals surface area contributed by atoms with Gasteiger partial charge in [-0.05, 0) is 34.2 Å². The summed E-state index contributed by atoms with van der Waals surface area (Å²) in [5, 5.41) is 24.4. The van der Waals surface area contributed by atoms with E-state index < -0.39 is 42.1 Å². The zero-order valence-electron chi connectivity index (χ0n) is 22.5. The Bertz CT molecular complexity index is 1360. The Morgan fingerprint density at radius 3 is 2.02 bits per heavy atom. The van der Waals surface area contributed by atoms with E-state index in [2.05, 4.69) is 10.6 Å². The van der Waals surface area contributed by atoms with Gasteiger partial charge in [0.15, 0.2) is 0 Å².